The number of nitrogens with one attached hydrogen (secondary N) is 2. The number of sulfone groups is 2. The van der Waals surface area contributed by atoms with Crippen LogP contribution in [0.3, 0.4) is 0 Å². The average Bonchev–Trinajstić information content (AvgIpc) is 1.68. The van der Waals surface area contributed by atoms with Crippen molar-refractivity contribution in [3.8, 4) is 22.9 Å². The average molecular weight is 1550 g/mol. The topological polar surface area (TPSA) is 342 Å². The summed E-state index contributed by atoms with van der Waals surface area (Å²) in [4.78, 5) is 68.6. The van der Waals surface area contributed by atoms with Crippen molar-refractivity contribution in [3.05, 3.63) is 143 Å². The molecule has 2 aromatic carbocycles. The van der Waals surface area contributed by atoms with Gasteiger partial charge in [-0.25, -0.2) is 41.2 Å². The number of aromatic nitrogens is 4. The lowest BCUT2D eigenvalue weighted by Gasteiger charge is -2.27. The van der Waals surface area contributed by atoms with E-state index in [1.54, 1.807) is 87.2 Å². The van der Waals surface area contributed by atoms with Crippen LogP contribution in [0.25, 0.3) is 22.9 Å². The number of halogens is 11. The highest BCUT2D eigenvalue weighted by atomic mass is 79.9. The summed E-state index contributed by atoms with van der Waals surface area (Å²) in [7, 11) is -6.65. The van der Waals surface area contributed by atoms with Crippen molar-refractivity contribution in [1.82, 2.24) is 30.6 Å². The van der Waals surface area contributed by atoms with Crippen LogP contribution in [0.4, 0.5) is 39.5 Å². The fourth-order valence-corrected chi connectivity index (χ4v) is 14.7. The Labute approximate surface area is 570 Å². The number of pyridine rings is 2. The Morgan fingerprint density at radius 3 is 1.24 bits per heavy atom. The molecule has 0 spiro atoms. The summed E-state index contributed by atoms with van der Waals surface area (Å²) < 4.78 is 159. The Morgan fingerprint density at radius 1 is 0.536 bits per heavy atom. The van der Waals surface area contributed by atoms with E-state index in [9.17, 15) is 65.9 Å². The van der Waals surface area contributed by atoms with Crippen LogP contribution in [0.15, 0.2) is 106 Å². The van der Waals surface area contributed by atoms with Gasteiger partial charge in [-0.1, -0.05) is 82.5 Å². The Balaban J connectivity index is 0.000000298. The number of carboxylic acids is 3. The molecule has 4 heterocycles. The van der Waals surface area contributed by atoms with E-state index < -0.39 is 61.4 Å². The second-order valence-corrected chi connectivity index (χ2v) is 28.7. The van der Waals surface area contributed by atoms with Crippen LogP contribution in [0, 0.1) is 25.7 Å². The summed E-state index contributed by atoms with van der Waals surface area (Å²) in [6, 6.07) is 21.2. The molecule has 4 aromatic heterocycles. The van der Waals surface area contributed by atoms with Crippen molar-refractivity contribution < 1.29 is 104 Å². The van der Waals surface area contributed by atoms with Gasteiger partial charge in [-0.3, -0.25) is 19.6 Å². The van der Waals surface area contributed by atoms with Crippen molar-refractivity contribution in [3.63, 3.8) is 0 Å². The predicted molar refractivity (Wildman–Crippen MR) is 345 cm³/mol. The Bertz CT molecular complexity index is 3640. The van der Waals surface area contributed by atoms with Gasteiger partial charge in [-0.15, -0.1) is 0 Å². The maximum atomic E-state index is 13.3. The van der Waals surface area contributed by atoms with Crippen molar-refractivity contribution in [1.29, 1.82) is 0 Å². The van der Waals surface area contributed by atoms with Crippen LogP contribution in [0.1, 0.15) is 145 Å². The van der Waals surface area contributed by atoms with E-state index >= 15 is 0 Å². The van der Waals surface area contributed by atoms with E-state index in [1.165, 1.54) is 51.4 Å². The maximum Gasteiger partial charge on any atom is 0.490 e. The van der Waals surface area contributed by atoms with Gasteiger partial charge in [0, 0.05) is 76.8 Å². The van der Waals surface area contributed by atoms with Crippen molar-refractivity contribution in [2.75, 3.05) is 10.7 Å². The number of benzene rings is 2. The first-order valence-electron chi connectivity index (χ1n) is 30.1. The minimum atomic E-state index is -5.08. The zero-order valence-electron chi connectivity index (χ0n) is 52.4. The van der Waals surface area contributed by atoms with Gasteiger partial charge in [0.15, 0.2) is 19.7 Å². The van der Waals surface area contributed by atoms with Crippen LogP contribution in [-0.4, -0.2) is 128 Å². The summed E-state index contributed by atoms with van der Waals surface area (Å²) in [5.41, 5.74) is 11.0. The van der Waals surface area contributed by atoms with Gasteiger partial charge < -0.3 is 40.5 Å². The first-order valence-corrected chi connectivity index (χ1v) is 35.8. The molecule has 9 rings (SSSR count). The summed E-state index contributed by atoms with van der Waals surface area (Å²) in [6.07, 6.45) is 6.32. The number of aliphatic carboxylic acids is 3. The van der Waals surface area contributed by atoms with E-state index in [1.807, 2.05) is 24.3 Å². The number of oxazole rings is 2. The molecule has 0 bridgehead atoms. The largest absolute Gasteiger partial charge is 0.490 e. The maximum absolute atomic E-state index is 13.3. The summed E-state index contributed by atoms with van der Waals surface area (Å²) in [5.74, 6) is -5.94. The van der Waals surface area contributed by atoms with E-state index in [-0.39, 0.29) is 34.6 Å². The zero-order chi connectivity index (χ0) is 72.3. The Hall–Kier alpha value is -7.30. The number of amides is 2. The fraction of sp³-hybridized carbons (Fsp3) is 0.476. The van der Waals surface area contributed by atoms with Gasteiger partial charge in [0.1, 0.15) is 11.5 Å². The number of alkyl halides is 11. The van der Waals surface area contributed by atoms with E-state index in [0.717, 1.165) is 47.5 Å². The molecule has 3 fully saturated rings. The summed E-state index contributed by atoms with van der Waals surface area (Å²) >= 11 is 6.73. The minimum absolute atomic E-state index is 0.0520. The molecule has 6 aromatic rings. The fourth-order valence-electron chi connectivity index (χ4n) is 10.1. The van der Waals surface area contributed by atoms with Gasteiger partial charge in [0.2, 0.25) is 11.8 Å². The molecule has 97 heavy (non-hydrogen) atoms. The lowest BCUT2D eigenvalue weighted by atomic mass is 9.79. The van der Waals surface area contributed by atoms with Crippen LogP contribution in [0.2, 0.25) is 0 Å². The standard InChI is InChI=1S/C29H35N3O4S.C23H26N4O4S.C5H10Br2.3C2HF3O2/c1-20-27(19-37(34,35)26-14-13-25(16-26)22-7-3-2-4-8-22)32-29(36-20)24-11-9-23(10-12-24)28(33)31-18-21-6-5-15-30-17-21;1-15-21(14-32(29,30)20-9-8-19(24)11-20)27-23(31-15)18-6-4-17(5-7-18)22(28)26-13-16-3-2-10-25-12-16;6-4-2-1-3-5-7;3*3-2(4,5)1(6)7/h5-6,9-12,15,17,22,25-26H,2-4,7-8,13-14,16,18-19H2,1H3,(H,31,33);2-7,10,12,19-20H,8-9,11,13-14,24H2,1H3,(H,26,28);1-5H2;3*(H,6,7)/t25-,26-;19-,20-;;;;/m00..../s1. The van der Waals surface area contributed by atoms with Crippen molar-refractivity contribution in [2.24, 2.45) is 17.6 Å². The number of carbonyl (C=O) groups is 5. The molecule has 0 saturated heterocycles. The normalized spacial score (nSPS) is 17.1. The molecule has 21 nitrogen and oxygen atoms in total. The van der Waals surface area contributed by atoms with Gasteiger partial charge in [-0.05, 0) is 149 Å². The van der Waals surface area contributed by atoms with Gasteiger partial charge in [0.25, 0.3) is 11.8 Å². The van der Waals surface area contributed by atoms with E-state index in [0.29, 0.717) is 94.7 Å². The highest BCUT2D eigenvalue weighted by Crippen LogP contribution is 2.42. The first kappa shape index (κ1) is 82.1. The minimum Gasteiger partial charge on any atom is -0.475 e. The quantitative estimate of drug-likeness (QED) is 0.0249. The van der Waals surface area contributed by atoms with Crippen molar-refractivity contribution in [2.45, 2.75) is 163 Å². The molecule has 0 radical (unpaired) electrons. The molecule has 3 aliphatic carbocycles. The van der Waals surface area contributed by atoms with Crippen LogP contribution in [-0.2, 0) is 58.7 Å². The summed E-state index contributed by atoms with van der Waals surface area (Å²) in [5, 5.41) is 28.7. The van der Waals surface area contributed by atoms with E-state index in [2.05, 4.69) is 62.4 Å². The molecule has 4 atom stereocenters. The number of nitrogens with zero attached hydrogens (tertiary/aromatic N) is 4. The van der Waals surface area contributed by atoms with Gasteiger partial charge >= 0.3 is 36.4 Å². The third kappa shape index (κ3) is 28.6. The smallest absolute Gasteiger partial charge is 0.475 e. The number of nitrogens with two attached hydrogens (primary N) is 1. The molecule has 2 amide bonds. The summed E-state index contributed by atoms with van der Waals surface area (Å²) in [6.45, 7) is 4.26. The number of hydrogen-bond donors (Lipinski definition) is 6. The molecule has 0 unspecified atom stereocenters. The third-order valence-corrected chi connectivity index (χ3v) is 20.6. The van der Waals surface area contributed by atoms with Crippen LogP contribution >= 0.6 is 31.9 Å². The molecular formula is C63H74Br2F9N7O14S2. The lowest BCUT2D eigenvalue weighted by molar-refractivity contribution is -0.193. The van der Waals surface area contributed by atoms with Crippen LogP contribution < -0.4 is 16.4 Å². The van der Waals surface area contributed by atoms with Gasteiger partial charge in [-0.2, -0.15) is 39.5 Å². The zero-order valence-corrected chi connectivity index (χ0v) is 57.2. The highest BCUT2D eigenvalue weighted by Gasteiger charge is 2.41. The molecule has 3 saturated carbocycles. The molecule has 3 aliphatic rings. The van der Waals surface area contributed by atoms with E-state index in [4.69, 9.17) is 44.3 Å². The highest BCUT2D eigenvalue weighted by molar-refractivity contribution is 9.09. The Morgan fingerprint density at radius 2 is 0.907 bits per heavy atom. The van der Waals surface area contributed by atoms with Gasteiger partial charge in [0.05, 0.1) is 33.4 Å². The number of carbonyl (C=O) groups excluding carboxylic acids is 2. The number of aryl methyl sites for hydroxylation is 2. The lowest BCUT2D eigenvalue weighted by Crippen LogP contribution is -2.23. The first-order chi connectivity index (χ1) is 45.4. The molecule has 7 N–H and O–H groups in total. The third-order valence-electron chi connectivity index (χ3n) is 15.3. The second-order valence-electron chi connectivity index (χ2n) is 22.5. The molecule has 534 valence electrons. The number of carboxylic acid groups (broad SMARTS) is 3. The molecule has 34 heteroatoms. The number of unbranched alkanes of at least 4 members (excludes halogenated alkanes) is 2. The SMILES string of the molecule is BrCCCCCBr.Cc1oc(-c2ccc(C(=O)NCc3cccnc3)cc2)nc1CS(=O)(=O)[C@H]1CC[C@H](C2CCCCC2)C1.Cc1oc(-c2ccc(C(=O)NCc3cccnc3)cc2)nc1CS(=O)(=O)[C@H]1CC[C@H](N)C1.O=C(O)C(F)(F)F.O=C(O)C(F)(F)F.O=C(O)C(F)(F)F. The second kappa shape index (κ2) is 38.7. The number of rotatable bonds is 19. The number of hydrogen-bond acceptors (Lipinski definition) is 16. The Kier molecular flexibility index (Phi) is 32.8. The van der Waals surface area contributed by atoms with Crippen LogP contribution in [0.5, 0.6) is 0 Å². The predicted octanol–water partition coefficient (Wildman–Crippen LogP) is 13.3. The van der Waals surface area contributed by atoms with Crippen molar-refractivity contribution >= 4 is 81.3 Å². The molecule has 0 aliphatic heterocycles. The molecular weight excluding hydrogens is 1470 g/mol. The monoisotopic (exact) mass is 1550 g/mol.